The first-order valence-corrected chi connectivity index (χ1v) is 8.40. The Balaban J connectivity index is 2.11. The normalized spacial score (nSPS) is 11.3. The van der Waals surface area contributed by atoms with E-state index in [1.54, 1.807) is 0 Å². The van der Waals surface area contributed by atoms with Gasteiger partial charge in [-0.3, -0.25) is 4.68 Å². The zero-order valence-electron chi connectivity index (χ0n) is 13.6. The summed E-state index contributed by atoms with van der Waals surface area (Å²) in [7, 11) is 2.03. The monoisotopic (exact) mass is 303 g/mol. The smallest absolute Gasteiger partial charge is 0.0987 e. The molecule has 0 aliphatic carbocycles. The summed E-state index contributed by atoms with van der Waals surface area (Å²) in [5.74, 6) is 0.981. The molecular formula is C17H25N3S. The van der Waals surface area contributed by atoms with Gasteiger partial charge in [-0.25, -0.2) is 0 Å². The molecule has 0 atom stereocenters. The Kier molecular flexibility index (Phi) is 5.48. The van der Waals surface area contributed by atoms with Crippen LogP contribution in [0.2, 0.25) is 0 Å². The van der Waals surface area contributed by atoms with E-state index in [2.05, 4.69) is 62.4 Å². The van der Waals surface area contributed by atoms with Crippen LogP contribution in [-0.4, -0.2) is 15.8 Å². The van der Waals surface area contributed by atoms with Gasteiger partial charge in [-0.15, -0.1) is 11.8 Å². The third kappa shape index (κ3) is 4.35. The van der Waals surface area contributed by atoms with Crippen LogP contribution < -0.4 is 5.32 Å². The Labute approximate surface area is 132 Å². The van der Waals surface area contributed by atoms with Crippen LogP contribution in [0.15, 0.2) is 29.3 Å². The van der Waals surface area contributed by atoms with Gasteiger partial charge >= 0.3 is 0 Å². The second-order valence-corrected chi connectivity index (χ2v) is 6.77. The number of nitrogens with zero attached hydrogens (tertiary/aromatic N) is 2. The van der Waals surface area contributed by atoms with Crippen LogP contribution in [0.4, 0.5) is 0 Å². The zero-order valence-corrected chi connectivity index (χ0v) is 14.4. The van der Waals surface area contributed by atoms with Gasteiger partial charge in [0.05, 0.1) is 10.7 Å². The molecule has 0 saturated heterocycles. The lowest BCUT2D eigenvalue weighted by Gasteiger charge is -2.10. The van der Waals surface area contributed by atoms with Crippen LogP contribution in [0.25, 0.3) is 0 Å². The minimum Gasteiger partial charge on any atom is -0.310 e. The Morgan fingerprint density at radius 1 is 1.29 bits per heavy atom. The number of hydrogen-bond donors (Lipinski definition) is 1. The molecular weight excluding hydrogens is 278 g/mol. The van der Waals surface area contributed by atoms with Crippen LogP contribution in [0, 0.1) is 13.8 Å². The maximum absolute atomic E-state index is 4.57. The highest BCUT2D eigenvalue weighted by atomic mass is 32.2. The second kappa shape index (κ2) is 7.14. The highest BCUT2D eigenvalue weighted by Gasteiger charge is 2.14. The van der Waals surface area contributed by atoms with Crippen LogP contribution in [0.5, 0.6) is 0 Å². The van der Waals surface area contributed by atoms with Gasteiger partial charge in [-0.1, -0.05) is 43.7 Å². The molecule has 21 heavy (non-hydrogen) atoms. The zero-order chi connectivity index (χ0) is 15.4. The number of benzene rings is 1. The van der Waals surface area contributed by atoms with Crippen molar-refractivity contribution in [2.24, 2.45) is 7.05 Å². The Bertz CT molecular complexity index is 602. The Morgan fingerprint density at radius 3 is 2.71 bits per heavy atom. The molecule has 0 aliphatic rings. The molecule has 1 heterocycles. The molecule has 4 heteroatoms. The van der Waals surface area contributed by atoms with Gasteiger partial charge in [-0.2, -0.15) is 5.10 Å². The first-order valence-electron chi connectivity index (χ1n) is 7.41. The molecule has 0 saturated carbocycles. The van der Waals surface area contributed by atoms with Crippen LogP contribution in [0.1, 0.15) is 36.2 Å². The Hall–Kier alpha value is -1.26. The fraction of sp³-hybridized carbons (Fsp3) is 0.471. The molecule has 0 fully saturated rings. The first-order chi connectivity index (χ1) is 9.97. The second-order valence-electron chi connectivity index (χ2n) is 5.81. The van der Waals surface area contributed by atoms with E-state index in [1.165, 1.54) is 21.7 Å². The predicted octanol–water partition coefficient (Wildman–Crippen LogP) is 3.83. The molecule has 1 N–H and O–H groups in total. The lowest BCUT2D eigenvalue weighted by atomic mass is 10.2. The van der Waals surface area contributed by atoms with E-state index in [1.807, 2.05) is 23.5 Å². The number of hydrogen-bond acceptors (Lipinski definition) is 3. The topological polar surface area (TPSA) is 29.9 Å². The number of aryl methyl sites for hydroxylation is 3. The lowest BCUT2D eigenvalue weighted by molar-refractivity contribution is 0.580. The molecule has 0 spiro atoms. The van der Waals surface area contributed by atoms with Crippen molar-refractivity contribution >= 4 is 11.8 Å². The molecule has 3 nitrogen and oxygen atoms in total. The van der Waals surface area contributed by atoms with Crippen molar-refractivity contribution in [1.29, 1.82) is 0 Å². The van der Waals surface area contributed by atoms with Crippen molar-refractivity contribution in [2.75, 3.05) is 0 Å². The van der Waals surface area contributed by atoms with Crippen molar-refractivity contribution in [1.82, 2.24) is 15.1 Å². The molecule has 0 radical (unpaired) electrons. The van der Waals surface area contributed by atoms with E-state index in [4.69, 9.17) is 0 Å². The molecule has 2 rings (SSSR count). The molecule has 0 bridgehead atoms. The fourth-order valence-corrected chi connectivity index (χ4v) is 3.43. The van der Waals surface area contributed by atoms with Gasteiger partial charge in [0.2, 0.25) is 0 Å². The lowest BCUT2D eigenvalue weighted by Crippen LogP contribution is -2.22. The van der Waals surface area contributed by atoms with Crippen molar-refractivity contribution in [3.8, 4) is 0 Å². The number of rotatable bonds is 6. The van der Waals surface area contributed by atoms with Gasteiger partial charge < -0.3 is 5.32 Å². The van der Waals surface area contributed by atoms with E-state index in [0.29, 0.717) is 6.04 Å². The minimum atomic E-state index is 0.485. The number of aromatic nitrogens is 2. The third-order valence-electron chi connectivity index (χ3n) is 3.43. The van der Waals surface area contributed by atoms with E-state index in [9.17, 15) is 0 Å². The van der Waals surface area contributed by atoms with Crippen molar-refractivity contribution < 1.29 is 0 Å². The summed E-state index contributed by atoms with van der Waals surface area (Å²) in [5, 5.41) is 9.34. The largest absolute Gasteiger partial charge is 0.310 e. The van der Waals surface area contributed by atoms with Crippen LogP contribution in [0.3, 0.4) is 0 Å². The summed E-state index contributed by atoms with van der Waals surface area (Å²) in [6.07, 6.45) is 0. The number of thioether (sulfide) groups is 1. The minimum absolute atomic E-state index is 0.485. The van der Waals surface area contributed by atoms with E-state index in [0.717, 1.165) is 18.0 Å². The molecule has 1 aromatic heterocycles. The van der Waals surface area contributed by atoms with Gasteiger partial charge in [0.25, 0.3) is 0 Å². The summed E-state index contributed by atoms with van der Waals surface area (Å²) in [4.78, 5) is 0. The van der Waals surface area contributed by atoms with Crippen molar-refractivity contribution in [3.63, 3.8) is 0 Å². The van der Waals surface area contributed by atoms with Gasteiger partial charge in [0.15, 0.2) is 0 Å². The molecule has 1 aromatic carbocycles. The maximum Gasteiger partial charge on any atom is 0.0987 e. The summed E-state index contributed by atoms with van der Waals surface area (Å²) < 4.78 is 2.01. The van der Waals surface area contributed by atoms with E-state index in [-0.39, 0.29) is 0 Å². The summed E-state index contributed by atoms with van der Waals surface area (Å²) >= 11 is 1.87. The predicted molar refractivity (Wildman–Crippen MR) is 90.7 cm³/mol. The summed E-state index contributed by atoms with van der Waals surface area (Å²) in [5.41, 5.74) is 5.12. The van der Waals surface area contributed by atoms with Gasteiger partial charge in [0, 0.05) is 31.0 Å². The number of nitrogens with one attached hydrogen (secondary N) is 1. The fourth-order valence-electron chi connectivity index (χ4n) is 2.32. The van der Waals surface area contributed by atoms with Crippen molar-refractivity contribution in [2.45, 2.75) is 51.1 Å². The average Bonchev–Trinajstić information content (AvgIpc) is 2.68. The standard InChI is InChI=1S/C17H25N3S/c1-12(2)18-10-16-14(4)19-20(5)17(16)21-11-15-8-6-7-13(3)9-15/h6-9,12,18H,10-11H2,1-5H3. The van der Waals surface area contributed by atoms with Gasteiger partial charge in [-0.05, 0) is 19.4 Å². The van der Waals surface area contributed by atoms with E-state index >= 15 is 0 Å². The Morgan fingerprint density at radius 2 is 2.05 bits per heavy atom. The highest BCUT2D eigenvalue weighted by Crippen LogP contribution is 2.28. The average molecular weight is 303 g/mol. The molecule has 0 unspecified atom stereocenters. The molecule has 0 amide bonds. The molecule has 2 aromatic rings. The van der Waals surface area contributed by atoms with Gasteiger partial charge in [0.1, 0.15) is 0 Å². The highest BCUT2D eigenvalue weighted by molar-refractivity contribution is 7.98. The van der Waals surface area contributed by atoms with E-state index < -0.39 is 0 Å². The first kappa shape index (κ1) is 16.1. The molecule has 114 valence electrons. The van der Waals surface area contributed by atoms with Crippen molar-refractivity contribution in [3.05, 3.63) is 46.6 Å². The summed E-state index contributed by atoms with van der Waals surface area (Å²) in [6.45, 7) is 9.46. The quantitative estimate of drug-likeness (QED) is 0.823. The maximum atomic E-state index is 4.57. The summed E-state index contributed by atoms with van der Waals surface area (Å²) in [6, 6.07) is 9.19. The SMILES string of the molecule is Cc1cccc(CSc2c(CNC(C)C)c(C)nn2C)c1. The van der Waals surface area contributed by atoms with Crippen LogP contribution in [-0.2, 0) is 19.3 Å². The third-order valence-corrected chi connectivity index (χ3v) is 4.70. The molecule has 0 aliphatic heterocycles. The van der Waals surface area contributed by atoms with Crippen LogP contribution >= 0.6 is 11.8 Å².